The first-order valence-electron chi connectivity index (χ1n) is 12.6. The van der Waals surface area contributed by atoms with E-state index in [9.17, 15) is 19.2 Å². The summed E-state index contributed by atoms with van der Waals surface area (Å²) >= 11 is 0. The van der Waals surface area contributed by atoms with Crippen molar-refractivity contribution in [2.75, 3.05) is 62.7 Å². The molecule has 3 amide bonds. The van der Waals surface area contributed by atoms with E-state index in [0.717, 1.165) is 0 Å². The van der Waals surface area contributed by atoms with Crippen LogP contribution in [0.2, 0.25) is 0 Å². The first-order chi connectivity index (χ1) is 18.7. The Morgan fingerprint density at radius 2 is 1.92 bits per heavy atom. The van der Waals surface area contributed by atoms with E-state index in [1.807, 2.05) is 4.90 Å². The second-order valence-corrected chi connectivity index (χ2v) is 9.24. The number of carbonyl (C=O) groups excluding carboxylic acids is 4. The Bertz CT molecular complexity index is 1220. The van der Waals surface area contributed by atoms with E-state index < -0.39 is 29.9 Å². The van der Waals surface area contributed by atoms with Gasteiger partial charge in [-0.05, 0) is 36.8 Å². The van der Waals surface area contributed by atoms with Crippen LogP contribution in [-0.4, -0.2) is 92.8 Å². The number of benzene rings is 1. The average Bonchev–Trinajstić information content (AvgIpc) is 3.32. The van der Waals surface area contributed by atoms with Crippen LogP contribution in [-0.2, 0) is 23.9 Å². The molecule has 2 aliphatic rings. The Labute approximate surface area is 224 Å². The molecule has 0 radical (unpaired) electrons. The molecule has 0 aliphatic carbocycles. The number of amides is 3. The molecule has 0 bridgehead atoms. The van der Waals surface area contributed by atoms with E-state index in [-0.39, 0.29) is 32.0 Å². The summed E-state index contributed by atoms with van der Waals surface area (Å²) in [5.41, 5.74) is 6.44. The monoisotopic (exact) mass is 542 g/mol. The highest BCUT2D eigenvalue weighted by atomic mass is 19.1. The molecule has 2 fully saturated rings. The summed E-state index contributed by atoms with van der Waals surface area (Å²) in [7, 11) is 1.29. The van der Waals surface area contributed by atoms with Gasteiger partial charge in [0.05, 0.1) is 32.4 Å². The summed E-state index contributed by atoms with van der Waals surface area (Å²) in [6.07, 6.45) is 0.933. The van der Waals surface area contributed by atoms with E-state index in [1.165, 1.54) is 18.1 Å². The van der Waals surface area contributed by atoms with Crippen LogP contribution in [0.15, 0.2) is 36.5 Å². The maximum atomic E-state index is 15.0. The lowest BCUT2D eigenvalue weighted by Gasteiger charge is -2.35. The van der Waals surface area contributed by atoms with Gasteiger partial charge in [-0.1, -0.05) is 0 Å². The average molecular weight is 543 g/mol. The number of nitrogens with one attached hydrogen (secondary N) is 1. The lowest BCUT2D eigenvalue weighted by Crippen LogP contribution is -2.51. The van der Waals surface area contributed by atoms with Gasteiger partial charge < -0.3 is 25.0 Å². The number of pyridine rings is 1. The molecule has 1 aromatic carbocycles. The first-order valence-corrected chi connectivity index (χ1v) is 12.6. The van der Waals surface area contributed by atoms with Crippen molar-refractivity contribution in [2.45, 2.75) is 18.9 Å². The fourth-order valence-electron chi connectivity index (χ4n) is 4.46. The highest BCUT2D eigenvalue weighted by Crippen LogP contribution is 2.30. The fraction of sp³-hybridized carbons (Fsp3) is 0.423. The molecule has 39 heavy (non-hydrogen) atoms. The molecule has 2 aromatic rings. The number of carbonyl (C=O) groups is 4. The number of aromatic nitrogens is 1. The van der Waals surface area contributed by atoms with E-state index >= 15 is 4.39 Å². The Morgan fingerprint density at radius 3 is 2.56 bits per heavy atom. The maximum Gasteiger partial charge on any atom is 0.414 e. The van der Waals surface area contributed by atoms with Crippen LogP contribution >= 0.6 is 0 Å². The molecule has 0 spiro atoms. The first kappa shape index (κ1) is 27.8. The Hall–Kier alpha value is -4.26. The van der Waals surface area contributed by atoms with Crippen LogP contribution in [0, 0.1) is 5.82 Å². The Balaban J connectivity index is 1.32. The van der Waals surface area contributed by atoms with E-state index in [1.54, 1.807) is 35.4 Å². The van der Waals surface area contributed by atoms with Crippen molar-refractivity contribution >= 4 is 35.4 Å². The summed E-state index contributed by atoms with van der Waals surface area (Å²) in [5.74, 6) is -0.791. The van der Waals surface area contributed by atoms with Gasteiger partial charge in [-0.25, -0.2) is 14.2 Å². The largest absolute Gasteiger partial charge is 0.468 e. The van der Waals surface area contributed by atoms with E-state index in [2.05, 4.69) is 15.0 Å². The highest BCUT2D eigenvalue weighted by molar-refractivity contribution is 5.90. The minimum atomic E-state index is -0.595. The van der Waals surface area contributed by atoms with Crippen LogP contribution in [0.25, 0.3) is 11.1 Å². The van der Waals surface area contributed by atoms with Gasteiger partial charge in [0.15, 0.2) is 0 Å². The third-order valence-corrected chi connectivity index (χ3v) is 6.64. The number of ether oxygens (including phenoxy) is 2. The predicted octanol–water partition coefficient (Wildman–Crippen LogP) is 0.890. The number of nitrogens with two attached hydrogens (primary N) is 1. The van der Waals surface area contributed by atoms with Gasteiger partial charge in [0, 0.05) is 49.9 Å². The minimum absolute atomic E-state index is 0.0224. The molecule has 3 heterocycles. The van der Waals surface area contributed by atoms with Gasteiger partial charge in [0.2, 0.25) is 11.8 Å². The third kappa shape index (κ3) is 6.99. The van der Waals surface area contributed by atoms with Gasteiger partial charge in [0.25, 0.3) is 0 Å². The second-order valence-electron chi connectivity index (χ2n) is 9.24. The molecule has 2 saturated heterocycles. The molecular weight excluding hydrogens is 511 g/mol. The van der Waals surface area contributed by atoms with Gasteiger partial charge in [-0.3, -0.25) is 24.6 Å². The standard InChI is InChI=1S/C26H31FN6O6/c1-38-25(36)15-29-14-24(35)32-10-8-31(9-11-32)23-7-2-17(13-30-23)20-5-3-18(12-21(20)27)33-16-19(39-26(33)37)4-6-22(28)34/h2-3,5,7,12-13,19,29H,4,6,8-11,14-16H2,1H3,(H2,28,34). The molecule has 13 heteroatoms. The molecule has 12 nitrogen and oxygen atoms in total. The molecular formula is C26H31FN6O6. The normalized spacial score (nSPS) is 17.2. The Kier molecular flexibility index (Phi) is 8.92. The smallest absolute Gasteiger partial charge is 0.414 e. The zero-order valence-electron chi connectivity index (χ0n) is 21.6. The Morgan fingerprint density at radius 1 is 1.15 bits per heavy atom. The van der Waals surface area contributed by atoms with Gasteiger partial charge in [0.1, 0.15) is 17.7 Å². The molecule has 208 valence electrons. The summed E-state index contributed by atoms with van der Waals surface area (Å²) < 4.78 is 24.8. The topological polar surface area (TPSA) is 147 Å². The number of esters is 1. The number of rotatable bonds is 10. The molecule has 3 N–H and O–H groups in total. The zero-order valence-corrected chi connectivity index (χ0v) is 21.6. The van der Waals surface area contributed by atoms with Crippen molar-refractivity contribution in [1.82, 2.24) is 15.2 Å². The minimum Gasteiger partial charge on any atom is -0.468 e. The molecule has 0 saturated carbocycles. The summed E-state index contributed by atoms with van der Waals surface area (Å²) in [5, 5.41) is 2.77. The molecule has 1 unspecified atom stereocenters. The van der Waals surface area contributed by atoms with Crippen molar-refractivity contribution < 1.29 is 33.0 Å². The zero-order chi connectivity index (χ0) is 27.9. The number of primary amides is 1. The number of anilines is 2. The van der Waals surface area contributed by atoms with E-state index in [4.69, 9.17) is 10.5 Å². The second kappa shape index (κ2) is 12.5. The molecule has 1 atom stereocenters. The van der Waals surface area contributed by atoms with Crippen LogP contribution in [0.5, 0.6) is 0 Å². The van der Waals surface area contributed by atoms with E-state index in [0.29, 0.717) is 55.2 Å². The number of halogens is 1. The van der Waals surface area contributed by atoms with Gasteiger partial charge in [-0.2, -0.15) is 0 Å². The van der Waals surface area contributed by atoms with Crippen LogP contribution in [0.4, 0.5) is 20.7 Å². The number of hydrogen-bond donors (Lipinski definition) is 2. The van der Waals surface area contributed by atoms with Crippen molar-refractivity contribution in [3.05, 3.63) is 42.3 Å². The predicted molar refractivity (Wildman–Crippen MR) is 139 cm³/mol. The maximum absolute atomic E-state index is 15.0. The molecule has 1 aromatic heterocycles. The third-order valence-electron chi connectivity index (χ3n) is 6.64. The number of methoxy groups -OCH3 is 1. The quantitative estimate of drug-likeness (QED) is 0.418. The van der Waals surface area contributed by atoms with Crippen molar-refractivity contribution in [3.8, 4) is 11.1 Å². The molecule has 4 rings (SSSR count). The van der Waals surface area contributed by atoms with Gasteiger partial charge >= 0.3 is 12.1 Å². The number of nitrogens with zero attached hydrogens (tertiary/aromatic N) is 4. The summed E-state index contributed by atoms with van der Waals surface area (Å²) in [6, 6.07) is 8.08. The van der Waals surface area contributed by atoms with Crippen LogP contribution in [0.1, 0.15) is 12.8 Å². The summed E-state index contributed by atoms with van der Waals surface area (Å²) in [4.78, 5) is 56.3. The molecule has 2 aliphatic heterocycles. The van der Waals surface area contributed by atoms with Crippen LogP contribution < -0.4 is 20.9 Å². The van der Waals surface area contributed by atoms with Crippen molar-refractivity contribution in [3.63, 3.8) is 0 Å². The number of cyclic esters (lactones) is 1. The lowest BCUT2D eigenvalue weighted by atomic mass is 10.1. The van der Waals surface area contributed by atoms with Crippen molar-refractivity contribution in [2.24, 2.45) is 5.73 Å². The fourth-order valence-corrected chi connectivity index (χ4v) is 4.46. The summed E-state index contributed by atoms with van der Waals surface area (Å²) in [6.45, 7) is 2.45. The lowest BCUT2D eigenvalue weighted by molar-refractivity contribution is -0.139. The van der Waals surface area contributed by atoms with Crippen LogP contribution in [0.3, 0.4) is 0 Å². The SMILES string of the molecule is COC(=O)CNCC(=O)N1CCN(c2ccc(-c3ccc(N4CC(CCC(N)=O)OC4=O)cc3F)cn2)CC1. The van der Waals surface area contributed by atoms with Crippen molar-refractivity contribution in [1.29, 1.82) is 0 Å². The number of hydrogen-bond acceptors (Lipinski definition) is 9. The van der Waals surface area contributed by atoms with Gasteiger partial charge in [-0.15, -0.1) is 0 Å². The number of piperazine rings is 1. The highest BCUT2D eigenvalue weighted by Gasteiger charge is 2.32.